The van der Waals surface area contributed by atoms with Crippen LogP contribution in [0, 0.1) is 0 Å². The van der Waals surface area contributed by atoms with Crippen LogP contribution in [0.15, 0.2) is 24.4 Å². The molecule has 11 atom stereocenters. The van der Waals surface area contributed by atoms with Gasteiger partial charge in [-0.1, -0.05) is 0 Å². The monoisotopic (exact) mass is 763 g/mol. The molecule has 0 aromatic carbocycles. The average molecular weight is 763 g/mol. The molecule has 3 aliphatic heterocycles. The number of aliphatic hydroxyl groups excluding tert-OH is 4. The Balaban J connectivity index is 1.20. The number of carbonyl (C=O) groups excluding carboxylic acids is 1. The van der Waals surface area contributed by atoms with Crippen molar-refractivity contribution in [3.05, 3.63) is 24.4 Å². The van der Waals surface area contributed by atoms with Crippen LogP contribution in [0.1, 0.15) is 19.1 Å². The molecule has 0 radical (unpaired) electrons. The lowest BCUT2D eigenvalue weighted by molar-refractivity contribution is -0.137. The molecule has 0 saturated carbocycles. The lowest BCUT2D eigenvalue weighted by Crippen LogP contribution is -2.48. The second-order valence-electron chi connectivity index (χ2n) is 10.8. The van der Waals surface area contributed by atoms with E-state index in [0.717, 1.165) is 28.3 Å². The van der Waals surface area contributed by atoms with Crippen LogP contribution < -0.4 is 11.5 Å². The van der Waals surface area contributed by atoms with Gasteiger partial charge < -0.3 is 65.8 Å². The fraction of sp³-hybridized carbons (Fsp3) is 0.619. The fourth-order valence-corrected chi connectivity index (χ4v) is 7.87. The van der Waals surface area contributed by atoms with Crippen molar-refractivity contribution in [2.24, 2.45) is 5.73 Å². The molecule has 2 aromatic rings. The number of nitrogens with two attached hydrogens (primary N) is 2. The number of rotatable bonds is 13. The van der Waals surface area contributed by atoms with Gasteiger partial charge in [0.25, 0.3) is 0 Å². The van der Waals surface area contributed by atoms with E-state index < -0.39 is 97.9 Å². The highest BCUT2D eigenvalue weighted by Gasteiger charge is 2.51. The van der Waals surface area contributed by atoms with Crippen LogP contribution in [-0.2, 0) is 45.8 Å². The van der Waals surface area contributed by atoms with Crippen LogP contribution in [0.5, 0.6) is 0 Å². The van der Waals surface area contributed by atoms with Gasteiger partial charge in [-0.3, -0.25) is 22.9 Å². The summed E-state index contributed by atoms with van der Waals surface area (Å²) in [6.07, 6.45) is -11.5. The molecular weight excluding hydrogens is 731 g/mol. The topological polar surface area (TPSA) is 384 Å². The molecule has 28 heteroatoms. The van der Waals surface area contributed by atoms with Crippen LogP contribution in [0.25, 0.3) is 11.2 Å². The van der Waals surface area contributed by atoms with Gasteiger partial charge in [0.05, 0.1) is 19.5 Å². The zero-order valence-corrected chi connectivity index (χ0v) is 27.3. The summed E-state index contributed by atoms with van der Waals surface area (Å²) in [7, 11) is -16.4. The summed E-state index contributed by atoms with van der Waals surface area (Å²) in [6, 6.07) is 0. The van der Waals surface area contributed by atoms with Crippen molar-refractivity contribution in [3.8, 4) is 0 Å². The number of aliphatic hydroxyl groups is 4. The molecule has 3 unspecified atom stereocenters. The first-order valence-corrected chi connectivity index (χ1v) is 18.4. The van der Waals surface area contributed by atoms with Crippen LogP contribution in [0.2, 0.25) is 0 Å². The molecule has 274 valence electrons. The zero-order chi connectivity index (χ0) is 36.1. The van der Waals surface area contributed by atoms with Crippen molar-refractivity contribution in [1.29, 1.82) is 0 Å². The molecule has 3 aliphatic rings. The Kier molecular flexibility index (Phi) is 11.0. The van der Waals surface area contributed by atoms with E-state index in [1.807, 2.05) is 0 Å². The molecule has 2 fully saturated rings. The van der Waals surface area contributed by atoms with Crippen molar-refractivity contribution in [2.75, 3.05) is 18.9 Å². The second-order valence-corrected chi connectivity index (χ2v) is 15.1. The summed E-state index contributed by atoms with van der Waals surface area (Å²) in [5, 5.41) is 41.9. The third-order valence-corrected chi connectivity index (χ3v) is 10.6. The van der Waals surface area contributed by atoms with Gasteiger partial charge in [-0.25, -0.2) is 28.6 Å². The number of amides is 1. The van der Waals surface area contributed by atoms with Crippen molar-refractivity contribution in [3.63, 3.8) is 0 Å². The summed E-state index contributed by atoms with van der Waals surface area (Å²) in [4.78, 5) is 63.3. The van der Waals surface area contributed by atoms with Gasteiger partial charge in [0, 0.05) is 11.8 Å². The quantitative estimate of drug-likeness (QED) is 0.0890. The normalized spacial score (nSPS) is 33.3. The Labute approximate surface area is 274 Å². The Morgan fingerprint density at radius 3 is 2.14 bits per heavy atom. The standard InChI is InChI=1S/C21H32N7O18P3/c22-17-12-19(25-6-24-17)28(7-26-12)21-16(45-47(34,35)36)14(31)10(44-21)5-42-49(39,40)46-48(37,38)41-4-9-13(30)15(32)20(43-9)27-3-8(18(23)33)1-2-11(27)29/h3,6-7,9-11,13-16,20-21,29-32H,1-2,4-5H2,(H2,23,33)(H,37,38)(H,39,40)(H2,22,24,25)(H2,34,35,36)/t9-,10-,11?,13-,14-,15-,16-,20-,21-/m1/s1. The van der Waals surface area contributed by atoms with E-state index in [2.05, 4.69) is 28.3 Å². The molecule has 0 aliphatic carbocycles. The number of carbonyl (C=O) groups is 1. The number of fused-ring (bicyclic) bond motifs is 1. The Morgan fingerprint density at radius 2 is 1.53 bits per heavy atom. The average Bonchev–Trinajstić information content (AvgIpc) is 3.64. The highest BCUT2D eigenvalue weighted by Crippen LogP contribution is 2.61. The number of phosphoric ester groups is 3. The van der Waals surface area contributed by atoms with Gasteiger partial charge in [-0.05, 0) is 12.8 Å². The third-order valence-electron chi connectivity index (χ3n) is 7.51. The second kappa shape index (κ2) is 14.3. The van der Waals surface area contributed by atoms with E-state index in [1.54, 1.807) is 0 Å². The maximum atomic E-state index is 12.6. The van der Waals surface area contributed by atoms with Gasteiger partial charge in [0.1, 0.15) is 54.7 Å². The summed E-state index contributed by atoms with van der Waals surface area (Å²) in [5.74, 6) is -0.861. The largest absolute Gasteiger partial charge is 0.481 e. The minimum atomic E-state index is -5.55. The number of anilines is 1. The van der Waals surface area contributed by atoms with Crippen molar-refractivity contribution in [1.82, 2.24) is 24.4 Å². The van der Waals surface area contributed by atoms with Gasteiger partial charge in [-0.15, -0.1) is 0 Å². The minimum Gasteiger partial charge on any atom is -0.387 e. The van der Waals surface area contributed by atoms with Gasteiger partial charge >= 0.3 is 23.5 Å². The highest BCUT2D eigenvalue weighted by atomic mass is 31.3. The number of imidazole rings is 1. The van der Waals surface area contributed by atoms with Crippen LogP contribution in [0.4, 0.5) is 5.82 Å². The van der Waals surface area contributed by atoms with E-state index in [-0.39, 0.29) is 35.4 Å². The van der Waals surface area contributed by atoms with Gasteiger partial charge in [-0.2, -0.15) is 4.31 Å². The molecule has 2 aromatic heterocycles. The lowest BCUT2D eigenvalue weighted by atomic mass is 10.0. The number of nitrogens with zero attached hydrogens (tertiary/aromatic N) is 5. The molecule has 49 heavy (non-hydrogen) atoms. The van der Waals surface area contributed by atoms with Crippen LogP contribution in [0.3, 0.4) is 0 Å². The first-order chi connectivity index (χ1) is 22.8. The maximum Gasteiger partial charge on any atom is 0.481 e. The predicted octanol–water partition coefficient (Wildman–Crippen LogP) is -3.37. The third kappa shape index (κ3) is 8.52. The Morgan fingerprint density at radius 1 is 0.918 bits per heavy atom. The number of hydrogen-bond donors (Lipinski definition) is 10. The van der Waals surface area contributed by atoms with E-state index in [1.165, 1.54) is 0 Å². The van der Waals surface area contributed by atoms with E-state index in [9.17, 15) is 58.5 Å². The van der Waals surface area contributed by atoms with Crippen molar-refractivity contribution >= 4 is 46.4 Å². The SMILES string of the molecule is NC(=O)C1=CN([C@@H]2O[C@H](COP(=O)(O)OP(=O)(O)OC[C@H]3O[C@@H](n4cnc5c(N)ncnc54)[C@H](OP(=O)(O)O)[C@@H]3O)[C@@H](O)[C@H]2O)C(O)CC1. The first-order valence-electron chi connectivity index (χ1n) is 13.9. The van der Waals surface area contributed by atoms with E-state index in [4.69, 9.17) is 25.5 Å². The number of phosphoric acid groups is 3. The van der Waals surface area contributed by atoms with E-state index in [0.29, 0.717) is 0 Å². The van der Waals surface area contributed by atoms with Crippen molar-refractivity contribution in [2.45, 2.75) is 68.1 Å². The molecule has 1 amide bonds. The summed E-state index contributed by atoms with van der Waals surface area (Å²) in [6.45, 7) is -2.10. The molecule has 0 spiro atoms. The van der Waals surface area contributed by atoms with Crippen LogP contribution in [-0.4, -0.2) is 133 Å². The Hall–Kier alpha value is -2.51. The Bertz CT molecular complexity index is 1720. The number of ether oxygens (including phenoxy) is 2. The van der Waals surface area contributed by atoms with E-state index >= 15 is 0 Å². The molecule has 5 heterocycles. The fourth-order valence-electron chi connectivity index (χ4n) is 5.23. The molecule has 5 rings (SSSR count). The lowest BCUT2D eigenvalue weighted by Gasteiger charge is -2.36. The van der Waals surface area contributed by atoms with Gasteiger partial charge in [0.2, 0.25) is 5.91 Å². The number of primary amides is 1. The maximum absolute atomic E-state index is 12.6. The highest BCUT2D eigenvalue weighted by molar-refractivity contribution is 7.61. The molecule has 12 N–H and O–H groups in total. The number of nitrogen functional groups attached to an aromatic ring is 1. The molecule has 2 saturated heterocycles. The summed E-state index contributed by atoms with van der Waals surface area (Å²) >= 11 is 0. The van der Waals surface area contributed by atoms with Crippen molar-refractivity contribution < 1.29 is 85.8 Å². The summed E-state index contributed by atoms with van der Waals surface area (Å²) in [5.41, 5.74) is 11.2. The molecule has 25 nitrogen and oxygen atoms in total. The number of hydrogen-bond acceptors (Lipinski definition) is 19. The predicted molar refractivity (Wildman–Crippen MR) is 154 cm³/mol. The first kappa shape index (κ1) is 37.7. The smallest absolute Gasteiger partial charge is 0.387 e. The zero-order valence-electron chi connectivity index (χ0n) is 24.6. The minimum absolute atomic E-state index is 0.00528. The van der Waals surface area contributed by atoms with Crippen LogP contribution >= 0.6 is 23.5 Å². The summed E-state index contributed by atoms with van der Waals surface area (Å²) < 4.78 is 67.2. The molecular formula is C21H32N7O18P3. The van der Waals surface area contributed by atoms with Gasteiger partial charge in [0.15, 0.2) is 23.9 Å². The number of aromatic nitrogens is 4. The molecule has 0 bridgehead atoms.